The van der Waals surface area contributed by atoms with E-state index in [1.807, 2.05) is 50.2 Å². The lowest BCUT2D eigenvalue weighted by atomic mass is 10.1. The topological polar surface area (TPSA) is 9.23 Å². The van der Waals surface area contributed by atoms with Gasteiger partial charge in [-0.2, -0.15) is 0 Å². The fourth-order valence-electron chi connectivity index (χ4n) is 1.50. The van der Waals surface area contributed by atoms with E-state index in [4.69, 9.17) is 4.74 Å². The molecule has 0 saturated carbocycles. The third kappa shape index (κ3) is 2.86. The lowest BCUT2D eigenvalue weighted by Crippen LogP contribution is -1.86. The van der Waals surface area contributed by atoms with Gasteiger partial charge in [-0.25, -0.2) is 0 Å². The summed E-state index contributed by atoms with van der Waals surface area (Å²) in [4.78, 5) is 0. The molecule has 0 radical (unpaired) electrons. The SMILES string of the molecule is CC.COc1ccccc1-c1ccccc1. The van der Waals surface area contributed by atoms with Crippen molar-refractivity contribution in [3.63, 3.8) is 0 Å². The summed E-state index contributed by atoms with van der Waals surface area (Å²) in [5.41, 5.74) is 2.32. The molecule has 16 heavy (non-hydrogen) atoms. The lowest BCUT2D eigenvalue weighted by Gasteiger charge is -2.07. The monoisotopic (exact) mass is 214 g/mol. The highest BCUT2D eigenvalue weighted by molar-refractivity contribution is 5.70. The highest BCUT2D eigenvalue weighted by Crippen LogP contribution is 2.28. The van der Waals surface area contributed by atoms with E-state index in [0.717, 1.165) is 11.3 Å². The number of hydrogen-bond acceptors (Lipinski definition) is 1. The van der Waals surface area contributed by atoms with Gasteiger partial charge in [-0.05, 0) is 11.6 Å². The molecule has 0 atom stereocenters. The molecule has 2 aromatic rings. The molecule has 2 rings (SSSR count). The van der Waals surface area contributed by atoms with Crippen molar-refractivity contribution < 1.29 is 4.74 Å². The average molecular weight is 214 g/mol. The van der Waals surface area contributed by atoms with Crippen LogP contribution in [-0.2, 0) is 0 Å². The van der Waals surface area contributed by atoms with E-state index in [0.29, 0.717) is 0 Å². The van der Waals surface area contributed by atoms with Gasteiger partial charge in [0.15, 0.2) is 0 Å². The maximum absolute atomic E-state index is 5.30. The summed E-state index contributed by atoms with van der Waals surface area (Å²) >= 11 is 0. The van der Waals surface area contributed by atoms with E-state index in [9.17, 15) is 0 Å². The van der Waals surface area contributed by atoms with Gasteiger partial charge in [-0.3, -0.25) is 0 Å². The zero-order chi connectivity index (χ0) is 11.8. The number of benzene rings is 2. The predicted molar refractivity (Wildman–Crippen MR) is 69.8 cm³/mol. The van der Waals surface area contributed by atoms with Gasteiger partial charge in [0.1, 0.15) is 5.75 Å². The number of rotatable bonds is 2. The molecule has 0 fully saturated rings. The van der Waals surface area contributed by atoms with Crippen LogP contribution in [0.3, 0.4) is 0 Å². The molecule has 0 unspecified atom stereocenters. The second kappa shape index (κ2) is 6.67. The summed E-state index contributed by atoms with van der Waals surface area (Å²) in [6, 6.07) is 18.3. The van der Waals surface area contributed by atoms with E-state index in [-0.39, 0.29) is 0 Å². The Hall–Kier alpha value is -1.76. The normalized spacial score (nSPS) is 8.94. The van der Waals surface area contributed by atoms with Crippen molar-refractivity contribution in [3.05, 3.63) is 54.6 Å². The van der Waals surface area contributed by atoms with E-state index in [1.165, 1.54) is 5.56 Å². The van der Waals surface area contributed by atoms with Crippen LogP contribution in [0, 0.1) is 0 Å². The van der Waals surface area contributed by atoms with Gasteiger partial charge in [0.25, 0.3) is 0 Å². The molecule has 0 spiro atoms. The minimum absolute atomic E-state index is 0.915. The second-order valence-electron chi connectivity index (χ2n) is 3.07. The van der Waals surface area contributed by atoms with Crippen LogP contribution in [-0.4, -0.2) is 7.11 Å². The first-order valence-corrected chi connectivity index (χ1v) is 5.60. The van der Waals surface area contributed by atoms with Crippen molar-refractivity contribution in [2.75, 3.05) is 7.11 Å². The van der Waals surface area contributed by atoms with Gasteiger partial charge in [0.05, 0.1) is 7.11 Å². The molecule has 0 bridgehead atoms. The molecule has 0 N–H and O–H groups in total. The van der Waals surface area contributed by atoms with Crippen molar-refractivity contribution in [2.24, 2.45) is 0 Å². The molecule has 1 nitrogen and oxygen atoms in total. The van der Waals surface area contributed by atoms with Gasteiger partial charge < -0.3 is 4.74 Å². The Morgan fingerprint density at radius 2 is 1.31 bits per heavy atom. The molecule has 0 aliphatic rings. The summed E-state index contributed by atoms with van der Waals surface area (Å²) in [5, 5.41) is 0. The molecule has 0 amide bonds. The molecule has 0 saturated heterocycles. The van der Waals surface area contributed by atoms with Gasteiger partial charge in [-0.15, -0.1) is 0 Å². The van der Waals surface area contributed by atoms with Crippen LogP contribution in [0.5, 0.6) is 5.75 Å². The fourth-order valence-corrected chi connectivity index (χ4v) is 1.50. The Balaban J connectivity index is 0.000000606. The Labute approximate surface area is 97.7 Å². The standard InChI is InChI=1S/C13H12O.C2H6/c1-14-13-10-6-5-9-12(13)11-7-3-2-4-8-11;1-2/h2-10H,1H3;1-2H3. The summed E-state index contributed by atoms with van der Waals surface area (Å²) in [7, 11) is 1.70. The molecule has 2 aromatic carbocycles. The van der Waals surface area contributed by atoms with E-state index in [2.05, 4.69) is 18.2 Å². The van der Waals surface area contributed by atoms with Crippen LogP contribution in [0.2, 0.25) is 0 Å². The maximum atomic E-state index is 5.30. The van der Waals surface area contributed by atoms with E-state index in [1.54, 1.807) is 7.11 Å². The summed E-state index contributed by atoms with van der Waals surface area (Å²) in [6.45, 7) is 4.00. The van der Waals surface area contributed by atoms with Crippen molar-refractivity contribution in [2.45, 2.75) is 13.8 Å². The fraction of sp³-hybridized carbons (Fsp3) is 0.200. The summed E-state index contributed by atoms with van der Waals surface area (Å²) < 4.78 is 5.30. The van der Waals surface area contributed by atoms with Gasteiger partial charge in [0, 0.05) is 5.56 Å². The number of ether oxygens (including phenoxy) is 1. The number of hydrogen-bond donors (Lipinski definition) is 0. The molecule has 0 heterocycles. The number of para-hydroxylation sites is 1. The minimum Gasteiger partial charge on any atom is -0.496 e. The molecule has 0 aliphatic carbocycles. The van der Waals surface area contributed by atoms with Crippen molar-refractivity contribution in [1.82, 2.24) is 0 Å². The first-order chi connectivity index (χ1) is 7.92. The molecular formula is C15H18O. The zero-order valence-electron chi connectivity index (χ0n) is 10.1. The van der Waals surface area contributed by atoms with Gasteiger partial charge >= 0.3 is 0 Å². The third-order valence-corrected chi connectivity index (χ3v) is 2.19. The van der Waals surface area contributed by atoms with Crippen molar-refractivity contribution >= 4 is 0 Å². The largest absolute Gasteiger partial charge is 0.496 e. The van der Waals surface area contributed by atoms with Crippen LogP contribution in [0.25, 0.3) is 11.1 Å². The summed E-state index contributed by atoms with van der Waals surface area (Å²) in [5.74, 6) is 0.915. The lowest BCUT2D eigenvalue weighted by molar-refractivity contribution is 0.416. The molecule has 84 valence electrons. The van der Waals surface area contributed by atoms with E-state index >= 15 is 0 Å². The number of methoxy groups -OCH3 is 1. The molecule has 1 heteroatoms. The van der Waals surface area contributed by atoms with Crippen LogP contribution in [0.4, 0.5) is 0 Å². The second-order valence-corrected chi connectivity index (χ2v) is 3.07. The zero-order valence-corrected chi connectivity index (χ0v) is 10.1. The smallest absolute Gasteiger partial charge is 0.126 e. The maximum Gasteiger partial charge on any atom is 0.126 e. The minimum atomic E-state index is 0.915. The van der Waals surface area contributed by atoms with Crippen LogP contribution >= 0.6 is 0 Å². The predicted octanol–water partition coefficient (Wildman–Crippen LogP) is 4.39. The van der Waals surface area contributed by atoms with Crippen LogP contribution < -0.4 is 4.74 Å². The van der Waals surface area contributed by atoms with Gasteiger partial charge in [0.2, 0.25) is 0 Å². The highest BCUT2D eigenvalue weighted by Gasteiger charge is 2.02. The first-order valence-electron chi connectivity index (χ1n) is 5.60. The van der Waals surface area contributed by atoms with Crippen LogP contribution in [0.15, 0.2) is 54.6 Å². The Bertz CT molecular complexity index is 407. The first kappa shape index (κ1) is 12.3. The molecule has 0 aromatic heterocycles. The van der Waals surface area contributed by atoms with E-state index < -0.39 is 0 Å². The van der Waals surface area contributed by atoms with Crippen LogP contribution in [0.1, 0.15) is 13.8 Å². The Morgan fingerprint density at radius 3 is 1.94 bits per heavy atom. The quantitative estimate of drug-likeness (QED) is 0.720. The Morgan fingerprint density at radius 1 is 0.750 bits per heavy atom. The third-order valence-electron chi connectivity index (χ3n) is 2.19. The van der Waals surface area contributed by atoms with Gasteiger partial charge in [-0.1, -0.05) is 62.4 Å². The molecular weight excluding hydrogens is 196 g/mol. The summed E-state index contributed by atoms with van der Waals surface area (Å²) in [6.07, 6.45) is 0. The highest BCUT2D eigenvalue weighted by atomic mass is 16.5. The van der Waals surface area contributed by atoms with Crippen molar-refractivity contribution in [1.29, 1.82) is 0 Å². The average Bonchev–Trinajstić information content (AvgIpc) is 2.42. The molecule has 0 aliphatic heterocycles. The Kier molecular flexibility index (Phi) is 5.13. The van der Waals surface area contributed by atoms with Crippen molar-refractivity contribution in [3.8, 4) is 16.9 Å².